The summed E-state index contributed by atoms with van der Waals surface area (Å²) in [6.07, 6.45) is 4.56. The van der Waals surface area contributed by atoms with Crippen molar-refractivity contribution in [3.05, 3.63) is 48.0 Å². The van der Waals surface area contributed by atoms with Crippen molar-refractivity contribution in [2.24, 2.45) is 0 Å². The van der Waals surface area contributed by atoms with Gasteiger partial charge in [-0.15, -0.1) is 0 Å². The van der Waals surface area contributed by atoms with E-state index in [0.717, 1.165) is 34.9 Å². The van der Waals surface area contributed by atoms with Crippen LogP contribution >= 0.6 is 0 Å². The normalized spacial score (nSPS) is 14.3. The number of fused-ring (bicyclic) bond motifs is 1. The van der Waals surface area contributed by atoms with Crippen LogP contribution in [0, 0.1) is 0 Å². The number of benzene rings is 2. The van der Waals surface area contributed by atoms with Gasteiger partial charge in [0.1, 0.15) is 0 Å². The Morgan fingerprint density at radius 1 is 1.11 bits per heavy atom. The van der Waals surface area contributed by atoms with Gasteiger partial charge in [-0.1, -0.05) is 31.0 Å². The van der Waals surface area contributed by atoms with Gasteiger partial charge in [0.25, 0.3) is 5.91 Å². The topological polar surface area (TPSA) is 90.1 Å². The predicted octanol–water partition coefficient (Wildman–Crippen LogP) is 3.95. The van der Waals surface area contributed by atoms with Gasteiger partial charge in [-0.05, 0) is 55.2 Å². The van der Waals surface area contributed by atoms with Crippen LogP contribution in [-0.2, 0) is 0 Å². The smallest absolute Gasteiger partial charge is 0.251 e. The van der Waals surface area contributed by atoms with Crippen LogP contribution < -0.4 is 15.8 Å². The van der Waals surface area contributed by atoms with Crippen molar-refractivity contribution in [3.8, 4) is 17.0 Å². The van der Waals surface area contributed by atoms with Gasteiger partial charge < -0.3 is 15.8 Å². The molecule has 1 aromatic heterocycles. The molecule has 4 rings (SSSR count). The molecular formula is C22H24N4O2. The van der Waals surface area contributed by atoms with Crippen LogP contribution in [0.25, 0.3) is 22.0 Å². The lowest BCUT2D eigenvalue weighted by atomic mass is 10.0. The number of amides is 1. The number of rotatable bonds is 5. The van der Waals surface area contributed by atoms with Crippen LogP contribution in [0.15, 0.2) is 42.5 Å². The third-order valence-corrected chi connectivity index (χ3v) is 5.13. The quantitative estimate of drug-likeness (QED) is 0.704. The number of hydrogen-bond acceptors (Lipinski definition) is 5. The van der Waals surface area contributed by atoms with Crippen molar-refractivity contribution < 1.29 is 9.53 Å². The third-order valence-electron chi connectivity index (χ3n) is 5.13. The van der Waals surface area contributed by atoms with Gasteiger partial charge in [0.15, 0.2) is 0 Å². The van der Waals surface area contributed by atoms with Gasteiger partial charge in [-0.25, -0.2) is 4.98 Å². The Bertz CT molecular complexity index is 995. The summed E-state index contributed by atoms with van der Waals surface area (Å²) in [6.45, 7) is 2.41. The maximum atomic E-state index is 12.4. The van der Waals surface area contributed by atoms with Gasteiger partial charge in [-0.2, -0.15) is 4.98 Å². The zero-order valence-corrected chi connectivity index (χ0v) is 15.9. The van der Waals surface area contributed by atoms with Crippen LogP contribution in [0.4, 0.5) is 5.95 Å². The molecule has 0 saturated heterocycles. The number of aromatic nitrogens is 2. The van der Waals surface area contributed by atoms with E-state index in [1.807, 2.05) is 49.4 Å². The van der Waals surface area contributed by atoms with Crippen LogP contribution in [0.5, 0.6) is 5.88 Å². The Morgan fingerprint density at radius 3 is 2.54 bits per heavy atom. The molecule has 3 aromatic rings. The molecule has 0 aliphatic heterocycles. The molecule has 0 atom stereocenters. The molecule has 0 unspecified atom stereocenters. The van der Waals surface area contributed by atoms with E-state index in [9.17, 15) is 4.79 Å². The summed E-state index contributed by atoms with van der Waals surface area (Å²) in [6, 6.07) is 13.9. The Balaban J connectivity index is 1.59. The number of ether oxygens (including phenoxy) is 1. The molecule has 1 saturated carbocycles. The molecule has 6 heteroatoms. The monoisotopic (exact) mass is 376 g/mol. The largest absolute Gasteiger partial charge is 0.477 e. The lowest BCUT2D eigenvalue weighted by Crippen LogP contribution is -2.32. The van der Waals surface area contributed by atoms with Gasteiger partial charge in [0, 0.05) is 11.6 Å². The highest BCUT2D eigenvalue weighted by molar-refractivity contribution is 5.95. The Hall–Kier alpha value is -3.15. The average molecular weight is 376 g/mol. The molecular weight excluding hydrogens is 352 g/mol. The fraction of sp³-hybridized carbons (Fsp3) is 0.318. The molecule has 6 nitrogen and oxygen atoms in total. The van der Waals surface area contributed by atoms with Crippen molar-refractivity contribution in [2.45, 2.75) is 38.6 Å². The zero-order valence-electron chi connectivity index (χ0n) is 15.9. The fourth-order valence-electron chi connectivity index (χ4n) is 3.70. The Morgan fingerprint density at radius 2 is 1.82 bits per heavy atom. The maximum Gasteiger partial charge on any atom is 0.251 e. The van der Waals surface area contributed by atoms with E-state index in [0.29, 0.717) is 24.1 Å². The second-order valence-electron chi connectivity index (χ2n) is 7.08. The number of nitrogens with two attached hydrogens (primary N) is 1. The number of nitrogens with one attached hydrogen (secondary N) is 1. The Labute approximate surface area is 164 Å². The Kier molecular flexibility index (Phi) is 5.10. The second kappa shape index (κ2) is 7.84. The number of hydrogen-bond donors (Lipinski definition) is 2. The molecule has 2 aromatic carbocycles. The van der Waals surface area contributed by atoms with Crippen LogP contribution in [-0.4, -0.2) is 28.5 Å². The van der Waals surface area contributed by atoms with Crippen molar-refractivity contribution in [1.29, 1.82) is 0 Å². The molecule has 1 aliphatic carbocycles. The fourth-order valence-corrected chi connectivity index (χ4v) is 3.70. The average Bonchev–Trinajstić information content (AvgIpc) is 3.21. The van der Waals surface area contributed by atoms with Crippen molar-refractivity contribution in [3.63, 3.8) is 0 Å². The van der Waals surface area contributed by atoms with Crippen LogP contribution in [0.2, 0.25) is 0 Å². The first-order chi connectivity index (χ1) is 13.6. The lowest BCUT2D eigenvalue weighted by Gasteiger charge is -2.12. The standard InChI is InChI=1S/C22H24N4O2/c1-2-28-21-18-13-16(11-12-19(18)25-22(23)26-21)14-7-9-15(10-8-14)20(27)24-17-5-3-4-6-17/h7-13,17H,2-6H2,1H3,(H,24,27)(H2,23,25,26). The summed E-state index contributed by atoms with van der Waals surface area (Å²) in [7, 11) is 0. The highest BCUT2D eigenvalue weighted by Gasteiger charge is 2.18. The van der Waals surface area contributed by atoms with Gasteiger partial charge >= 0.3 is 0 Å². The van der Waals surface area contributed by atoms with E-state index >= 15 is 0 Å². The van der Waals surface area contributed by atoms with Crippen LogP contribution in [0.3, 0.4) is 0 Å². The molecule has 0 spiro atoms. The summed E-state index contributed by atoms with van der Waals surface area (Å²) < 4.78 is 5.62. The highest BCUT2D eigenvalue weighted by Crippen LogP contribution is 2.29. The van der Waals surface area contributed by atoms with Crippen molar-refractivity contribution in [1.82, 2.24) is 15.3 Å². The molecule has 1 amide bonds. The lowest BCUT2D eigenvalue weighted by molar-refractivity contribution is 0.0938. The number of carbonyl (C=O) groups is 1. The number of carbonyl (C=O) groups excluding carboxylic acids is 1. The zero-order chi connectivity index (χ0) is 19.5. The van der Waals surface area contributed by atoms with Gasteiger partial charge in [-0.3, -0.25) is 4.79 Å². The van der Waals surface area contributed by atoms with Crippen molar-refractivity contribution in [2.75, 3.05) is 12.3 Å². The van der Waals surface area contributed by atoms with Gasteiger partial charge in [0.05, 0.1) is 17.5 Å². The molecule has 1 aliphatic rings. The van der Waals surface area contributed by atoms with E-state index in [-0.39, 0.29) is 11.9 Å². The van der Waals surface area contributed by atoms with E-state index in [1.165, 1.54) is 12.8 Å². The molecule has 144 valence electrons. The molecule has 3 N–H and O–H groups in total. The number of anilines is 1. The maximum absolute atomic E-state index is 12.4. The summed E-state index contributed by atoms with van der Waals surface area (Å²) in [5.74, 6) is 0.681. The molecule has 0 bridgehead atoms. The first-order valence-electron chi connectivity index (χ1n) is 9.75. The molecule has 28 heavy (non-hydrogen) atoms. The number of nitrogens with zero attached hydrogens (tertiary/aromatic N) is 2. The van der Waals surface area contributed by atoms with E-state index < -0.39 is 0 Å². The first kappa shape index (κ1) is 18.2. The SMILES string of the molecule is CCOc1nc(N)nc2ccc(-c3ccc(C(=O)NC4CCCC4)cc3)cc12. The minimum atomic E-state index is -0.000492. The first-order valence-corrected chi connectivity index (χ1v) is 9.75. The minimum Gasteiger partial charge on any atom is -0.477 e. The molecule has 1 fully saturated rings. The van der Waals surface area contributed by atoms with Crippen molar-refractivity contribution >= 4 is 22.8 Å². The second-order valence-corrected chi connectivity index (χ2v) is 7.08. The summed E-state index contributed by atoms with van der Waals surface area (Å²) in [5.41, 5.74) is 9.21. The van der Waals surface area contributed by atoms with E-state index in [2.05, 4.69) is 15.3 Å². The van der Waals surface area contributed by atoms with Crippen LogP contribution in [0.1, 0.15) is 43.0 Å². The van der Waals surface area contributed by atoms with E-state index in [4.69, 9.17) is 10.5 Å². The highest BCUT2D eigenvalue weighted by atomic mass is 16.5. The minimum absolute atomic E-state index is 0.000492. The number of nitrogen functional groups attached to an aromatic ring is 1. The molecule has 1 heterocycles. The molecule has 0 radical (unpaired) electrons. The predicted molar refractivity (Wildman–Crippen MR) is 110 cm³/mol. The van der Waals surface area contributed by atoms with E-state index in [1.54, 1.807) is 0 Å². The van der Waals surface area contributed by atoms with Gasteiger partial charge in [0.2, 0.25) is 11.8 Å². The summed E-state index contributed by atoms with van der Waals surface area (Å²) in [5, 5.41) is 3.94. The summed E-state index contributed by atoms with van der Waals surface area (Å²) in [4.78, 5) is 20.9. The summed E-state index contributed by atoms with van der Waals surface area (Å²) >= 11 is 0. The third kappa shape index (κ3) is 3.76.